The predicted octanol–water partition coefficient (Wildman–Crippen LogP) is 19.7. The highest BCUT2D eigenvalue weighted by Gasteiger charge is 2.29. The lowest BCUT2D eigenvalue weighted by Gasteiger charge is -2.28. The molecule has 1 aliphatic carbocycles. The minimum atomic E-state index is -1.05. The Morgan fingerprint density at radius 3 is 1.06 bits per heavy atom. The van der Waals surface area contributed by atoms with Crippen LogP contribution in [0, 0.1) is 5.82 Å². The number of rotatable bonds is 23. The summed E-state index contributed by atoms with van der Waals surface area (Å²) >= 11 is 0. The van der Waals surface area contributed by atoms with E-state index in [4.69, 9.17) is 60.9 Å². The highest BCUT2D eigenvalue weighted by Crippen LogP contribution is 2.41. The Kier molecular flexibility index (Phi) is 28.7. The van der Waals surface area contributed by atoms with Crippen LogP contribution in [0.15, 0.2) is 191 Å². The monoisotopic (exact) mass is 1840 g/mol. The molecule has 9 N–H and O–H groups in total. The van der Waals surface area contributed by atoms with Crippen molar-refractivity contribution in [3.8, 4) is 51.7 Å². The molecule has 0 bridgehead atoms. The smallest absolute Gasteiger partial charge is 0.341 e. The number of aromatic amines is 5. The number of fused-ring (bicyclic) bond motifs is 9. The molecule has 33 heteroatoms. The Morgan fingerprint density at radius 2 is 0.699 bits per heavy atom. The summed E-state index contributed by atoms with van der Waals surface area (Å²) in [4.78, 5) is 60.2. The van der Waals surface area contributed by atoms with Gasteiger partial charge in [0.15, 0.2) is 23.0 Å². The zero-order valence-electron chi connectivity index (χ0n) is 74.6. The molecule has 0 saturated heterocycles. The summed E-state index contributed by atoms with van der Waals surface area (Å²) in [6, 6.07) is 49.5. The fourth-order valence-electron chi connectivity index (χ4n) is 15.9. The zero-order chi connectivity index (χ0) is 94.9. The molecule has 17 aromatic rings. The second kappa shape index (κ2) is 42.3. The molecule has 136 heavy (non-hydrogen) atoms. The van der Waals surface area contributed by atoms with Crippen molar-refractivity contribution in [1.82, 2.24) is 56.3 Å². The van der Waals surface area contributed by atoms with Crippen LogP contribution in [0.1, 0.15) is 148 Å². The summed E-state index contributed by atoms with van der Waals surface area (Å²) in [6.45, 7) is 6.31. The number of carbonyl (C=O) groups is 5. The first-order valence-corrected chi connectivity index (χ1v) is 43.3. The molecule has 7 aromatic heterocycles. The van der Waals surface area contributed by atoms with Gasteiger partial charge < -0.3 is 81.6 Å². The predicted molar refractivity (Wildman–Crippen MR) is 513 cm³/mol. The van der Waals surface area contributed by atoms with Crippen LogP contribution in [0.5, 0.6) is 51.7 Å². The summed E-state index contributed by atoms with van der Waals surface area (Å²) < 4.78 is 83.6. The van der Waals surface area contributed by atoms with E-state index >= 15 is 0 Å². The number of amides is 1. The van der Waals surface area contributed by atoms with Crippen molar-refractivity contribution in [3.63, 3.8) is 0 Å². The highest BCUT2D eigenvalue weighted by molar-refractivity contribution is 6.09. The number of esters is 2. The van der Waals surface area contributed by atoms with Gasteiger partial charge in [-0.05, 0) is 218 Å². The third-order valence-corrected chi connectivity index (χ3v) is 22.4. The van der Waals surface area contributed by atoms with Gasteiger partial charge in [-0.3, -0.25) is 30.3 Å². The van der Waals surface area contributed by atoms with Gasteiger partial charge in [0.2, 0.25) is 0 Å². The van der Waals surface area contributed by atoms with Crippen LogP contribution in [0.3, 0.4) is 0 Å². The standard InChI is InChI=1S/C23H24FN3O3.C21H20N2O5.C21H18N2O4.C19H16N2O5.C19H14N2O4/c1-30-22-16(23(29)25-17-4-2-3-5-20(17)28)11-13-19-21(22)18(26-27-19)12-8-14-6-9-15(24)10-7-14;1-3-26-21(24)14-6-8-16-19(20(14)25-2)15(22-23-16)7-4-13-5-9-17-18(12-13)28-11-10-27-17;1-3-26-21(24)15-6-8-17-19(20(15)25-2)16(22-23-17)7-4-13-5-9-18-14(12-13)10-11-27-18;1-24-18-12(19(22)23)4-6-14-17(18)13(20-21-14)5-2-11-3-7-15-16(10-11)26-9-8-25-15;1-24-18-13(19(22)23)4-6-15-17(18)14(20-21-15)5-2-11-3-7-16-12(10-11)8-9-25-16/h6-13,17,20,28H,2-5H2,1H3,(H,25,29)(H,26,27);4-9,12H,3,10-11H2,1-2H3,(H,22,23);4-12H,3H2,1-2H3,(H,22,23);2-7,10H,8-9H2,1H3,(H,20,21)(H,22,23);2-10H,1H3,(H,20,21)(H,22,23)/b12-8+;2*7-4+;2*5-2+/t17-,20-;;;;/m1..../s1. The van der Waals surface area contributed by atoms with E-state index in [0.717, 1.165) is 108 Å². The number of aliphatic hydroxyl groups excluding tert-OH is 1. The Balaban J connectivity index is 0.000000123. The molecule has 9 heterocycles. The Hall–Kier alpha value is -17.2. The minimum absolute atomic E-state index is 0.0929. The minimum Gasteiger partial charge on any atom is -0.495 e. The first kappa shape index (κ1) is 92.1. The number of aromatic nitrogens is 10. The molecule has 20 rings (SSSR count). The Bertz CT molecular complexity index is 7450. The molecule has 32 nitrogen and oxygen atoms in total. The molecular formula is C103H92FN11O21. The molecule has 0 radical (unpaired) electrons. The van der Waals surface area contributed by atoms with Crippen LogP contribution < -0.4 is 47.9 Å². The molecule has 2 aliphatic heterocycles. The molecule has 0 spiro atoms. The summed E-state index contributed by atoms with van der Waals surface area (Å²) in [7, 11) is 7.47. The number of H-pyrrole nitrogens is 5. The van der Waals surface area contributed by atoms with E-state index in [9.17, 15) is 43.7 Å². The third-order valence-electron chi connectivity index (χ3n) is 22.4. The molecule has 692 valence electrons. The number of carboxylic acids is 2. The van der Waals surface area contributed by atoms with E-state index < -0.39 is 30.0 Å². The number of hydrogen-bond donors (Lipinski definition) is 9. The zero-order valence-corrected chi connectivity index (χ0v) is 74.6. The molecule has 10 aromatic carbocycles. The maximum absolute atomic E-state index is 13.1. The Morgan fingerprint density at radius 1 is 0.382 bits per heavy atom. The summed E-state index contributed by atoms with van der Waals surface area (Å²) in [5.41, 5.74) is 14.6. The van der Waals surface area contributed by atoms with Gasteiger partial charge in [-0.1, -0.05) is 79.6 Å². The number of aromatic carboxylic acids is 2. The van der Waals surface area contributed by atoms with Crippen molar-refractivity contribution in [2.24, 2.45) is 0 Å². The van der Waals surface area contributed by atoms with Crippen LogP contribution in [0.2, 0.25) is 0 Å². The normalized spacial score (nSPS) is 13.9. The summed E-state index contributed by atoms with van der Waals surface area (Å²) in [5, 5.41) is 73.4. The van der Waals surface area contributed by atoms with Crippen molar-refractivity contribution in [2.45, 2.75) is 51.7 Å². The van der Waals surface area contributed by atoms with Crippen molar-refractivity contribution >= 4 is 167 Å². The topological polar surface area (TPSA) is 429 Å². The fraction of sp³-hybridized carbons (Fsp3) is 0.184. The average Bonchev–Trinajstić information content (AvgIpc) is 1.59. The number of nitrogens with one attached hydrogen (secondary N) is 6. The van der Waals surface area contributed by atoms with Gasteiger partial charge in [-0.2, -0.15) is 25.5 Å². The molecule has 2 atom stereocenters. The van der Waals surface area contributed by atoms with Gasteiger partial charge in [0.25, 0.3) is 5.91 Å². The van der Waals surface area contributed by atoms with Crippen LogP contribution in [0.25, 0.3) is 137 Å². The van der Waals surface area contributed by atoms with Gasteiger partial charge in [0.1, 0.15) is 94.4 Å². The number of halogens is 1. The lowest BCUT2D eigenvalue weighted by atomic mass is 9.92. The largest absolute Gasteiger partial charge is 0.495 e. The van der Waals surface area contributed by atoms with E-state index in [2.05, 4.69) is 56.3 Å². The lowest BCUT2D eigenvalue weighted by Crippen LogP contribution is -2.45. The van der Waals surface area contributed by atoms with E-state index in [0.29, 0.717) is 152 Å². The maximum atomic E-state index is 13.1. The average molecular weight is 1840 g/mol. The second-order valence-electron chi connectivity index (χ2n) is 30.8. The number of furan rings is 2. The number of nitrogens with zero attached hydrogens (tertiary/aromatic N) is 5. The van der Waals surface area contributed by atoms with Crippen molar-refractivity contribution < 1.29 is 105 Å². The number of ether oxygens (including phenoxy) is 11. The summed E-state index contributed by atoms with van der Waals surface area (Å²) in [6.07, 6.45) is 25.0. The molecule has 3 aliphatic rings. The van der Waals surface area contributed by atoms with Gasteiger partial charge >= 0.3 is 23.9 Å². The van der Waals surface area contributed by atoms with Gasteiger partial charge in [0, 0.05) is 10.8 Å². The van der Waals surface area contributed by atoms with Crippen LogP contribution >= 0.6 is 0 Å². The fourth-order valence-corrected chi connectivity index (χ4v) is 15.9. The quantitative estimate of drug-likeness (QED) is 0.0269. The Labute approximate surface area is 774 Å². The molecule has 1 amide bonds. The first-order chi connectivity index (χ1) is 66.3. The number of hydrogen-bond acceptors (Lipinski definition) is 24. The van der Waals surface area contributed by atoms with E-state index in [1.165, 1.54) is 59.8 Å². The number of carbonyl (C=O) groups excluding carboxylic acids is 3. The molecule has 1 fully saturated rings. The van der Waals surface area contributed by atoms with E-state index in [1.807, 2.05) is 146 Å². The van der Waals surface area contributed by atoms with E-state index in [1.54, 1.807) is 87.0 Å². The van der Waals surface area contributed by atoms with Gasteiger partial charge in [0.05, 0.1) is 162 Å². The van der Waals surface area contributed by atoms with E-state index in [-0.39, 0.29) is 34.6 Å². The first-order valence-electron chi connectivity index (χ1n) is 43.3. The van der Waals surface area contributed by atoms with Crippen molar-refractivity contribution in [1.29, 1.82) is 0 Å². The highest BCUT2D eigenvalue weighted by atomic mass is 19.1. The van der Waals surface area contributed by atoms with Gasteiger partial charge in [-0.15, -0.1) is 0 Å². The van der Waals surface area contributed by atoms with Gasteiger partial charge in [-0.25, -0.2) is 23.6 Å². The number of carboxylic acid groups (broad SMARTS) is 2. The van der Waals surface area contributed by atoms with Crippen molar-refractivity contribution in [3.05, 3.63) is 272 Å². The lowest BCUT2D eigenvalue weighted by molar-refractivity contribution is 0.0513. The second-order valence-corrected chi connectivity index (χ2v) is 30.8. The summed E-state index contributed by atoms with van der Waals surface area (Å²) in [5.74, 6) is 1.28. The van der Waals surface area contributed by atoms with Crippen LogP contribution in [0.4, 0.5) is 4.39 Å². The van der Waals surface area contributed by atoms with Crippen LogP contribution in [-0.2, 0) is 9.47 Å². The van der Waals surface area contributed by atoms with Crippen LogP contribution in [-0.4, -0.2) is 183 Å². The SMILES string of the molecule is CCOC(=O)c1ccc2n[nH]c(/C=C/c3ccc4c(c3)OCCO4)c2c1OC.CCOC(=O)c1ccc2n[nH]c(/C=C/c3ccc4occc4c3)c2c1OC.COc1c(C(=O)N[C@@H]2CCCC[C@H]2O)ccc2n[nH]c(/C=C/c3ccc(F)cc3)c12.COc1c(C(=O)O)ccc2n[nH]c(/C=C/c3ccc4c(c3)OCCO4)c12.COc1c(C(=O)O)ccc2n[nH]c(/C=C/c3ccc4occc4c3)c12. The number of benzene rings is 10. The number of methoxy groups -OCH3 is 5. The molecular weight excluding hydrogens is 1750 g/mol. The maximum Gasteiger partial charge on any atom is 0.341 e. The molecule has 1 saturated carbocycles. The van der Waals surface area contributed by atoms with Crippen molar-refractivity contribution in [2.75, 3.05) is 75.2 Å². The molecule has 0 unspecified atom stereocenters. The third kappa shape index (κ3) is 20.4. The number of aliphatic hydroxyl groups is 1.